The monoisotopic (exact) mass is 469 g/mol. The molecule has 1 saturated heterocycles. The molecule has 3 aromatic rings. The van der Waals surface area contributed by atoms with E-state index in [9.17, 15) is 13.6 Å². The summed E-state index contributed by atoms with van der Waals surface area (Å²) in [5.41, 5.74) is 8.12. The van der Waals surface area contributed by atoms with Crippen molar-refractivity contribution in [1.82, 2.24) is 4.98 Å². The Balaban J connectivity index is 1.57. The van der Waals surface area contributed by atoms with Crippen molar-refractivity contribution in [2.75, 3.05) is 48.9 Å². The van der Waals surface area contributed by atoms with Gasteiger partial charge in [0.25, 0.3) is 5.91 Å². The second-order valence-electron chi connectivity index (χ2n) is 7.71. The number of morpholine rings is 1. The van der Waals surface area contributed by atoms with Gasteiger partial charge in [-0.25, -0.2) is 8.78 Å². The van der Waals surface area contributed by atoms with Crippen LogP contribution in [0.2, 0.25) is 0 Å². The van der Waals surface area contributed by atoms with E-state index in [1.54, 1.807) is 6.07 Å². The molecule has 0 bridgehead atoms. The number of benzene rings is 2. The first kappa shape index (κ1) is 23.2. The standard InChI is InChI=1S/C24H25F2N5O3/c1-33-24-22(23(27)32)20(28-14-15-10-16(25)12-17(26)11-15)13-21(30-24)29-18-2-4-19(5-3-18)31-6-8-34-9-7-31/h2-5,10-13H,6-9,14H2,1H3,(H2,27,32)(H2,28,29,30). The number of carbonyl (C=O) groups excluding carboxylic acids is 1. The van der Waals surface area contributed by atoms with Crippen molar-refractivity contribution >= 4 is 28.8 Å². The van der Waals surface area contributed by atoms with Gasteiger partial charge in [0, 0.05) is 43.1 Å². The number of anilines is 4. The number of hydrogen-bond acceptors (Lipinski definition) is 7. The van der Waals surface area contributed by atoms with Gasteiger partial charge in [0.2, 0.25) is 5.88 Å². The predicted octanol–water partition coefficient (Wildman–Crippen LogP) is 3.66. The van der Waals surface area contributed by atoms with Crippen LogP contribution < -0.4 is 26.0 Å². The van der Waals surface area contributed by atoms with E-state index in [1.165, 1.54) is 19.2 Å². The summed E-state index contributed by atoms with van der Waals surface area (Å²) in [5, 5.41) is 6.19. The SMILES string of the molecule is COc1nc(Nc2ccc(N3CCOCC3)cc2)cc(NCc2cc(F)cc(F)c2)c1C(N)=O. The number of aromatic nitrogens is 1. The number of pyridine rings is 1. The fourth-order valence-electron chi connectivity index (χ4n) is 3.75. The zero-order chi connectivity index (χ0) is 24.1. The molecule has 0 unspecified atom stereocenters. The number of nitrogens with one attached hydrogen (secondary N) is 2. The first-order chi connectivity index (χ1) is 16.4. The lowest BCUT2D eigenvalue weighted by molar-refractivity contribution is 0.0997. The minimum absolute atomic E-state index is 0.0235. The van der Waals surface area contributed by atoms with Gasteiger partial charge in [0.05, 0.1) is 26.0 Å². The van der Waals surface area contributed by atoms with E-state index in [0.717, 1.165) is 30.5 Å². The van der Waals surface area contributed by atoms with Gasteiger partial charge >= 0.3 is 0 Å². The average Bonchev–Trinajstić information content (AvgIpc) is 2.82. The number of nitrogens with two attached hydrogens (primary N) is 1. The van der Waals surface area contributed by atoms with Gasteiger partial charge in [-0.1, -0.05) is 0 Å². The van der Waals surface area contributed by atoms with Gasteiger partial charge in [-0.2, -0.15) is 4.98 Å². The summed E-state index contributed by atoms with van der Waals surface area (Å²) in [6, 6.07) is 12.6. The number of halogens is 2. The highest BCUT2D eigenvalue weighted by molar-refractivity contribution is 6.01. The van der Waals surface area contributed by atoms with Crippen molar-refractivity contribution in [2.24, 2.45) is 5.73 Å². The van der Waals surface area contributed by atoms with Gasteiger partial charge < -0.3 is 30.7 Å². The summed E-state index contributed by atoms with van der Waals surface area (Å²) >= 11 is 0. The second-order valence-corrected chi connectivity index (χ2v) is 7.71. The number of amides is 1. The minimum Gasteiger partial charge on any atom is -0.480 e. The highest BCUT2D eigenvalue weighted by Gasteiger charge is 2.19. The summed E-state index contributed by atoms with van der Waals surface area (Å²) in [4.78, 5) is 18.7. The maximum absolute atomic E-state index is 13.5. The zero-order valence-electron chi connectivity index (χ0n) is 18.6. The lowest BCUT2D eigenvalue weighted by atomic mass is 10.1. The molecule has 0 atom stereocenters. The van der Waals surface area contributed by atoms with Gasteiger partial charge in [-0.3, -0.25) is 4.79 Å². The first-order valence-electron chi connectivity index (χ1n) is 10.7. The van der Waals surface area contributed by atoms with Crippen LogP contribution in [-0.4, -0.2) is 44.3 Å². The lowest BCUT2D eigenvalue weighted by Gasteiger charge is -2.28. The van der Waals surface area contributed by atoms with Crippen LogP contribution in [0.15, 0.2) is 48.5 Å². The van der Waals surface area contributed by atoms with Crippen LogP contribution in [-0.2, 0) is 11.3 Å². The normalized spacial score (nSPS) is 13.4. The Morgan fingerprint density at radius 2 is 1.79 bits per heavy atom. The van der Waals surface area contributed by atoms with Crippen molar-refractivity contribution in [3.8, 4) is 5.88 Å². The number of rotatable bonds is 8. The molecule has 10 heteroatoms. The molecule has 178 valence electrons. The maximum Gasteiger partial charge on any atom is 0.256 e. The van der Waals surface area contributed by atoms with E-state index in [2.05, 4.69) is 20.5 Å². The molecule has 1 fully saturated rings. The molecule has 1 amide bonds. The van der Waals surface area contributed by atoms with Crippen LogP contribution in [0.5, 0.6) is 5.88 Å². The molecule has 34 heavy (non-hydrogen) atoms. The van der Waals surface area contributed by atoms with E-state index in [-0.39, 0.29) is 18.0 Å². The number of ether oxygens (including phenoxy) is 2. The van der Waals surface area contributed by atoms with Crippen molar-refractivity contribution in [1.29, 1.82) is 0 Å². The Labute approximate surface area is 195 Å². The molecule has 0 aliphatic carbocycles. The molecule has 8 nitrogen and oxygen atoms in total. The van der Waals surface area contributed by atoms with Crippen LogP contribution >= 0.6 is 0 Å². The first-order valence-corrected chi connectivity index (χ1v) is 10.7. The Bertz CT molecular complexity index is 1150. The molecule has 2 heterocycles. The van der Waals surface area contributed by atoms with Crippen LogP contribution in [0.25, 0.3) is 0 Å². The largest absolute Gasteiger partial charge is 0.480 e. The molecular formula is C24H25F2N5O3. The second kappa shape index (κ2) is 10.3. The Morgan fingerprint density at radius 3 is 2.41 bits per heavy atom. The number of methoxy groups -OCH3 is 1. The average molecular weight is 469 g/mol. The van der Waals surface area contributed by atoms with Crippen molar-refractivity contribution in [2.45, 2.75) is 6.54 Å². The van der Waals surface area contributed by atoms with Gasteiger partial charge in [0.15, 0.2) is 0 Å². The quantitative estimate of drug-likeness (QED) is 0.463. The minimum atomic E-state index is -0.751. The molecule has 0 saturated carbocycles. The van der Waals surface area contributed by atoms with Crippen molar-refractivity contribution in [3.63, 3.8) is 0 Å². The molecular weight excluding hydrogens is 444 g/mol. The van der Waals surface area contributed by atoms with Crippen molar-refractivity contribution in [3.05, 3.63) is 71.3 Å². The highest BCUT2D eigenvalue weighted by Crippen LogP contribution is 2.30. The fraction of sp³-hybridized carbons (Fsp3) is 0.250. The molecule has 1 aromatic heterocycles. The van der Waals surface area contributed by atoms with Gasteiger partial charge in [-0.15, -0.1) is 0 Å². The molecule has 0 spiro atoms. The Morgan fingerprint density at radius 1 is 1.12 bits per heavy atom. The van der Waals surface area contributed by atoms with E-state index in [4.69, 9.17) is 15.2 Å². The van der Waals surface area contributed by atoms with Crippen LogP contribution in [0.3, 0.4) is 0 Å². The summed E-state index contributed by atoms with van der Waals surface area (Å²) < 4.78 is 37.8. The fourth-order valence-corrected chi connectivity index (χ4v) is 3.75. The third-order valence-electron chi connectivity index (χ3n) is 5.35. The van der Waals surface area contributed by atoms with Crippen LogP contribution in [0.1, 0.15) is 15.9 Å². The molecule has 4 rings (SSSR count). The topological polar surface area (TPSA) is 102 Å². The molecule has 0 radical (unpaired) electrons. The lowest BCUT2D eigenvalue weighted by Crippen LogP contribution is -2.36. The molecule has 2 aromatic carbocycles. The van der Waals surface area contributed by atoms with E-state index < -0.39 is 17.5 Å². The number of primary amides is 1. The van der Waals surface area contributed by atoms with E-state index in [1.807, 2.05) is 24.3 Å². The number of carbonyl (C=O) groups is 1. The summed E-state index contributed by atoms with van der Waals surface area (Å²) in [7, 11) is 1.38. The third kappa shape index (κ3) is 5.52. The summed E-state index contributed by atoms with van der Waals surface area (Å²) in [5.74, 6) is -1.72. The van der Waals surface area contributed by atoms with E-state index >= 15 is 0 Å². The molecule has 1 aliphatic rings. The summed E-state index contributed by atoms with van der Waals surface area (Å²) in [6.45, 7) is 3.13. The van der Waals surface area contributed by atoms with Crippen LogP contribution in [0.4, 0.5) is 31.7 Å². The third-order valence-corrected chi connectivity index (χ3v) is 5.35. The van der Waals surface area contributed by atoms with Gasteiger partial charge in [-0.05, 0) is 42.0 Å². The molecule has 4 N–H and O–H groups in total. The van der Waals surface area contributed by atoms with E-state index in [0.29, 0.717) is 30.3 Å². The van der Waals surface area contributed by atoms with Gasteiger partial charge in [0.1, 0.15) is 23.0 Å². The highest BCUT2D eigenvalue weighted by atomic mass is 19.1. The maximum atomic E-state index is 13.5. The number of nitrogens with zero attached hydrogens (tertiary/aromatic N) is 2. The van der Waals surface area contributed by atoms with Crippen molar-refractivity contribution < 1.29 is 23.0 Å². The Kier molecular flexibility index (Phi) is 7.07. The smallest absolute Gasteiger partial charge is 0.256 e. The zero-order valence-corrected chi connectivity index (χ0v) is 18.6. The summed E-state index contributed by atoms with van der Waals surface area (Å²) in [6.07, 6.45) is 0. The predicted molar refractivity (Wildman–Crippen MR) is 126 cm³/mol. The van der Waals surface area contributed by atoms with Crippen LogP contribution in [0, 0.1) is 11.6 Å². The Hall–Kier alpha value is -3.92. The number of hydrogen-bond donors (Lipinski definition) is 3. The molecule has 1 aliphatic heterocycles.